The summed E-state index contributed by atoms with van der Waals surface area (Å²) in [5, 5.41) is 18.0. The van der Waals surface area contributed by atoms with E-state index in [4.69, 9.17) is 4.74 Å². The van der Waals surface area contributed by atoms with Gasteiger partial charge in [-0.1, -0.05) is 48.5 Å². The highest BCUT2D eigenvalue weighted by Crippen LogP contribution is 2.44. The van der Waals surface area contributed by atoms with Gasteiger partial charge >= 0.3 is 12.1 Å². The smallest absolute Gasteiger partial charge is 0.414 e. The van der Waals surface area contributed by atoms with E-state index < -0.39 is 23.5 Å². The number of fused-ring (bicyclic) bond motifs is 3. The highest BCUT2D eigenvalue weighted by atomic mass is 16.5. The fraction of sp³-hybridized carbons (Fsp3) is 0.261. The van der Waals surface area contributed by atoms with Crippen molar-refractivity contribution >= 4 is 23.9 Å². The lowest BCUT2D eigenvalue weighted by atomic mass is 9.98. The Bertz CT molecular complexity index is 1220. The Hall–Kier alpha value is -4.21. The lowest BCUT2D eigenvalue weighted by molar-refractivity contribution is -0.143. The summed E-state index contributed by atoms with van der Waals surface area (Å²) in [6.45, 7) is 0.125. The van der Waals surface area contributed by atoms with Crippen molar-refractivity contribution < 1.29 is 24.2 Å². The Morgan fingerprint density at radius 3 is 2.30 bits per heavy atom. The first-order valence-electron chi connectivity index (χ1n) is 10.5. The molecule has 33 heavy (non-hydrogen) atoms. The summed E-state index contributed by atoms with van der Waals surface area (Å²) in [5.41, 5.74) is 3.22. The van der Waals surface area contributed by atoms with Gasteiger partial charge in [-0.05, 0) is 35.1 Å². The van der Waals surface area contributed by atoms with Crippen LogP contribution in [0.25, 0.3) is 11.1 Å². The van der Waals surface area contributed by atoms with Crippen molar-refractivity contribution in [3.05, 3.63) is 65.5 Å². The maximum absolute atomic E-state index is 12.6. The van der Waals surface area contributed by atoms with Crippen LogP contribution in [0.2, 0.25) is 0 Å². The highest BCUT2D eigenvalue weighted by Gasteiger charge is 2.56. The molecule has 0 saturated heterocycles. The number of H-pyrrole nitrogens is 1. The Labute approximate surface area is 188 Å². The molecular formula is C23H21N5O5. The van der Waals surface area contributed by atoms with Crippen molar-refractivity contribution in [1.29, 1.82) is 0 Å². The van der Waals surface area contributed by atoms with Crippen LogP contribution in [0.4, 0.5) is 10.7 Å². The first-order valence-corrected chi connectivity index (χ1v) is 10.5. The number of anilines is 1. The van der Waals surface area contributed by atoms with Gasteiger partial charge in [-0.3, -0.25) is 15.2 Å². The largest absolute Gasteiger partial charge is 0.479 e. The molecule has 5 rings (SSSR count). The van der Waals surface area contributed by atoms with Crippen molar-refractivity contribution in [1.82, 2.24) is 20.1 Å². The lowest BCUT2D eigenvalue weighted by Crippen LogP contribution is -2.45. The molecule has 0 aliphatic heterocycles. The number of hydrogen-bond acceptors (Lipinski definition) is 6. The van der Waals surface area contributed by atoms with Gasteiger partial charge in [-0.2, -0.15) is 4.98 Å². The average Bonchev–Trinajstić information content (AvgIpc) is 3.41. The van der Waals surface area contributed by atoms with E-state index in [2.05, 4.69) is 20.5 Å². The molecule has 0 radical (unpaired) electrons. The second-order valence-corrected chi connectivity index (χ2v) is 8.16. The van der Waals surface area contributed by atoms with Gasteiger partial charge in [0.15, 0.2) is 0 Å². The van der Waals surface area contributed by atoms with E-state index in [-0.39, 0.29) is 24.3 Å². The Morgan fingerprint density at radius 2 is 1.73 bits per heavy atom. The molecule has 3 N–H and O–H groups in total. The van der Waals surface area contributed by atoms with E-state index >= 15 is 0 Å². The topological polar surface area (TPSA) is 138 Å². The standard InChI is InChI=1S/C23H21N5O5/c1-28(23(10-11-23)20(30)31)19(29)18-24-21(27-26-18)25-22(32)33-12-17-15-8-4-2-6-13(15)14-7-3-5-9-16(14)17/h2-9,17H,10-12H2,1H3,(H,30,31)(H2,24,25,26,27,32). The predicted octanol–water partition coefficient (Wildman–Crippen LogP) is 2.85. The number of carboxylic acid groups (broad SMARTS) is 1. The van der Waals surface area contributed by atoms with E-state index in [9.17, 15) is 19.5 Å². The fourth-order valence-electron chi connectivity index (χ4n) is 4.30. The van der Waals surface area contributed by atoms with Crippen molar-refractivity contribution in [2.75, 3.05) is 19.0 Å². The minimum Gasteiger partial charge on any atom is -0.479 e. The van der Waals surface area contributed by atoms with Crippen LogP contribution in [-0.4, -0.2) is 62.4 Å². The molecule has 0 spiro atoms. The van der Waals surface area contributed by atoms with Crippen LogP contribution in [0, 0.1) is 0 Å². The maximum atomic E-state index is 12.6. The monoisotopic (exact) mass is 447 g/mol. The number of aromatic nitrogens is 3. The molecule has 1 fully saturated rings. The molecule has 0 atom stereocenters. The molecule has 0 bridgehead atoms. The number of carbonyl (C=O) groups is 3. The highest BCUT2D eigenvalue weighted by molar-refractivity contribution is 5.96. The van der Waals surface area contributed by atoms with Crippen molar-refractivity contribution in [2.45, 2.75) is 24.3 Å². The van der Waals surface area contributed by atoms with Gasteiger partial charge in [0.05, 0.1) is 0 Å². The summed E-state index contributed by atoms with van der Waals surface area (Å²) in [4.78, 5) is 41.4. The zero-order chi connectivity index (χ0) is 23.2. The number of carbonyl (C=O) groups excluding carboxylic acids is 2. The minimum atomic E-state index is -1.20. The second-order valence-electron chi connectivity index (χ2n) is 8.16. The van der Waals surface area contributed by atoms with Gasteiger partial charge in [0.1, 0.15) is 12.1 Å². The Kier molecular flexibility index (Phi) is 4.85. The van der Waals surface area contributed by atoms with Crippen LogP contribution in [0.5, 0.6) is 0 Å². The predicted molar refractivity (Wildman–Crippen MR) is 117 cm³/mol. The van der Waals surface area contributed by atoms with E-state index in [1.54, 1.807) is 0 Å². The van der Waals surface area contributed by atoms with Crippen molar-refractivity contribution in [3.8, 4) is 11.1 Å². The SMILES string of the molecule is CN(C(=O)c1nc(NC(=O)OCC2c3ccccc3-c3ccccc32)n[nH]1)C1(C(=O)O)CC1. The quantitative estimate of drug-likeness (QED) is 0.528. The number of rotatable bonds is 6. The zero-order valence-corrected chi connectivity index (χ0v) is 17.7. The van der Waals surface area contributed by atoms with Crippen LogP contribution in [-0.2, 0) is 9.53 Å². The minimum absolute atomic E-state index is 0.0909. The molecular weight excluding hydrogens is 426 g/mol. The van der Waals surface area contributed by atoms with Crippen LogP contribution >= 0.6 is 0 Å². The maximum Gasteiger partial charge on any atom is 0.414 e. The van der Waals surface area contributed by atoms with Crippen molar-refractivity contribution in [3.63, 3.8) is 0 Å². The molecule has 2 amide bonds. The Morgan fingerprint density at radius 1 is 1.12 bits per heavy atom. The van der Waals surface area contributed by atoms with E-state index in [0.717, 1.165) is 27.2 Å². The summed E-state index contributed by atoms with van der Waals surface area (Å²) >= 11 is 0. The first-order chi connectivity index (χ1) is 15.9. The first kappa shape index (κ1) is 20.7. The second kappa shape index (κ2) is 7.73. The van der Waals surface area contributed by atoms with Crippen LogP contribution in [0.15, 0.2) is 48.5 Å². The van der Waals surface area contributed by atoms with Gasteiger partial charge in [-0.25, -0.2) is 9.59 Å². The molecule has 168 valence electrons. The van der Waals surface area contributed by atoms with Crippen LogP contribution < -0.4 is 5.32 Å². The summed E-state index contributed by atoms with van der Waals surface area (Å²) in [5.74, 6) is -2.08. The molecule has 10 heteroatoms. The molecule has 0 unspecified atom stereocenters. The Balaban J connectivity index is 1.23. The number of aromatic amines is 1. The van der Waals surface area contributed by atoms with Crippen LogP contribution in [0.3, 0.4) is 0 Å². The van der Waals surface area contributed by atoms with E-state index in [0.29, 0.717) is 12.8 Å². The molecule has 2 aliphatic rings. The van der Waals surface area contributed by atoms with Gasteiger partial charge in [0, 0.05) is 13.0 Å². The normalized spacial score (nSPS) is 15.3. The van der Waals surface area contributed by atoms with Gasteiger partial charge < -0.3 is 14.7 Å². The third-order valence-electron chi connectivity index (χ3n) is 6.31. The summed E-state index contributed by atoms with van der Waals surface area (Å²) in [7, 11) is 1.41. The van der Waals surface area contributed by atoms with Gasteiger partial charge in [0.2, 0.25) is 5.82 Å². The lowest BCUT2D eigenvalue weighted by Gasteiger charge is -2.23. The molecule has 1 heterocycles. The molecule has 1 aromatic heterocycles. The van der Waals surface area contributed by atoms with Gasteiger partial charge in [0.25, 0.3) is 11.9 Å². The number of carboxylic acids is 1. The van der Waals surface area contributed by atoms with E-state index in [1.807, 2.05) is 48.5 Å². The number of likely N-dealkylation sites (N-methyl/N-ethyl adjacent to an activating group) is 1. The number of nitrogens with zero attached hydrogens (tertiary/aromatic N) is 3. The summed E-state index contributed by atoms with van der Waals surface area (Å²) in [6, 6.07) is 16.0. The number of amides is 2. The number of aliphatic carboxylic acids is 1. The molecule has 3 aromatic rings. The fourth-order valence-corrected chi connectivity index (χ4v) is 4.30. The third kappa shape index (κ3) is 3.49. The molecule has 2 aliphatic carbocycles. The summed E-state index contributed by atoms with van der Waals surface area (Å²) in [6.07, 6.45) is 0.0000550. The number of ether oxygens (including phenoxy) is 1. The number of hydrogen-bond donors (Lipinski definition) is 3. The van der Waals surface area contributed by atoms with E-state index in [1.165, 1.54) is 7.05 Å². The molecule has 10 nitrogen and oxygen atoms in total. The molecule has 2 aromatic carbocycles. The third-order valence-corrected chi connectivity index (χ3v) is 6.31. The number of nitrogens with one attached hydrogen (secondary N) is 2. The van der Waals surface area contributed by atoms with Crippen molar-refractivity contribution in [2.24, 2.45) is 0 Å². The summed E-state index contributed by atoms with van der Waals surface area (Å²) < 4.78 is 5.44. The average molecular weight is 447 g/mol. The molecule has 1 saturated carbocycles. The zero-order valence-electron chi connectivity index (χ0n) is 17.7. The number of benzene rings is 2. The van der Waals surface area contributed by atoms with Gasteiger partial charge in [-0.15, -0.1) is 5.10 Å². The van der Waals surface area contributed by atoms with Crippen LogP contribution in [0.1, 0.15) is 40.5 Å².